The van der Waals surface area contributed by atoms with Crippen molar-refractivity contribution in [2.24, 2.45) is 0 Å². The van der Waals surface area contributed by atoms with Crippen molar-refractivity contribution < 1.29 is 4.39 Å². The van der Waals surface area contributed by atoms with Gasteiger partial charge in [0.1, 0.15) is 5.82 Å². The van der Waals surface area contributed by atoms with Gasteiger partial charge in [0.05, 0.1) is 0 Å². The van der Waals surface area contributed by atoms with Crippen LogP contribution in [0.5, 0.6) is 0 Å². The molecule has 0 heterocycles. The van der Waals surface area contributed by atoms with E-state index in [2.05, 4.69) is 24.4 Å². The first-order valence-electron chi connectivity index (χ1n) is 7.31. The van der Waals surface area contributed by atoms with E-state index < -0.39 is 0 Å². The van der Waals surface area contributed by atoms with E-state index in [-0.39, 0.29) is 11.9 Å². The van der Waals surface area contributed by atoms with Crippen LogP contribution in [0.4, 0.5) is 4.39 Å². The van der Waals surface area contributed by atoms with Crippen LogP contribution in [0, 0.1) is 5.82 Å². The van der Waals surface area contributed by atoms with Crippen LogP contribution in [0.3, 0.4) is 0 Å². The summed E-state index contributed by atoms with van der Waals surface area (Å²) in [4.78, 5) is 0. The third-order valence-corrected chi connectivity index (χ3v) is 4.21. The Labute approximate surface area is 131 Å². The molecule has 0 amide bonds. The van der Waals surface area contributed by atoms with Crippen molar-refractivity contribution in [2.75, 3.05) is 7.05 Å². The number of nitrogens with one attached hydrogen (secondary N) is 1. The Balaban J connectivity index is 2.22. The Morgan fingerprint density at radius 1 is 1.14 bits per heavy atom. The average Bonchev–Trinajstić information content (AvgIpc) is 2.50. The maximum Gasteiger partial charge on any atom is 0.127 e. The van der Waals surface area contributed by atoms with Crippen LogP contribution in [-0.4, -0.2) is 13.1 Å². The monoisotopic (exact) mass is 305 g/mol. The van der Waals surface area contributed by atoms with Crippen LogP contribution in [0.2, 0.25) is 5.02 Å². The molecule has 0 bridgehead atoms. The molecular weight excluding hydrogens is 285 g/mol. The minimum atomic E-state index is -0.231. The summed E-state index contributed by atoms with van der Waals surface area (Å²) < 4.78 is 14.0. The van der Waals surface area contributed by atoms with E-state index in [0.717, 1.165) is 6.42 Å². The molecule has 2 atom stereocenters. The van der Waals surface area contributed by atoms with Gasteiger partial charge in [-0.25, -0.2) is 4.39 Å². The lowest BCUT2D eigenvalue weighted by atomic mass is 9.85. The molecule has 0 saturated heterocycles. The minimum Gasteiger partial charge on any atom is -0.316 e. The van der Waals surface area contributed by atoms with Crippen molar-refractivity contribution in [2.45, 2.75) is 31.7 Å². The van der Waals surface area contributed by atoms with Gasteiger partial charge in [-0.1, -0.05) is 54.9 Å². The van der Waals surface area contributed by atoms with Gasteiger partial charge in [0, 0.05) is 11.1 Å². The van der Waals surface area contributed by atoms with Gasteiger partial charge in [-0.15, -0.1) is 0 Å². The van der Waals surface area contributed by atoms with E-state index in [9.17, 15) is 4.39 Å². The number of likely N-dealkylation sites (N-methyl/N-ethyl adjacent to an activating group) is 1. The number of hydrogen-bond acceptors (Lipinski definition) is 1. The average molecular weight is 306 g/mol. The molecule has 2 aromatic carbocycles. The fourth-order valence-corrected chi connectivity index (χ4v) is 2.98. The van der Waals surface area contributed by atoms with Crippen molar-refractivity contribution in [1.29, 1.82) is 0 Å². The highest BCUT2D eigenvalue weighted by Gasteiger charge is 2.21. The molecule has 1 N–H and O–H groups in total. The summed E-state index contributed by atoms with van der Waals surface area (Å²) in [7, 11) is 1.93. The first kappa shape index (κ1) is 16.0. The summed E-state index contributed by atoms with van der Waals surface area (Å²) in [5, 5.41) is 3.78. The van der Waals surface area contributed by atoms with Gasteiger partial charge in [-0.05, 0) is 49.1 Å². The maximum atomic E-state index is 14.0. The molecule has 0 aromatic heterocycles. The lowest BCUT2D eigenvalue weighted by Gasteiger charge is -2.27. The molecule has 21 heavy (non-hydrogen) atoms. The molecule has 1 nitrogen and oxygen atoms in total. The van der Waals surface area contributed by atoms with Crippen LogP contribution in [0.15, 0.2) is 48.5 Å². The van der Waals surface area contributed by atoms with Crippen molar-refractivity contribution in [3.05, 3.63) is 70.5 Å². The van der Waals surface area contributed by atoms with Crippen molar-refractivity contribution in [3.63, 3.8) is 0 Å². The van der Waals surface area contributed by atoms with Gasteiger partial charge < -0.3 is 5.32 Å². The Morgan fingerprint density at radius 2 is 1.86 bits per heavy atom. The molecular formula is C18H21ClFN. The van der Waals surface area contributed by atoms with E-state index in [1.54, 1.807) is 12.1 Å². The molecule has 0 saturated carbocycles. The van der Waals surface area contributed by atoms with Crippen LogP contribution < -0.4 is 5.32 Å². The van der Waals surface area contributed by atoms with E-state index >= 15 is 0 Å². The highest BCUT2D eigenvalue weighted by molar-refractivity contribution is 6.30. The van der Waals surface area contributed by atoms with Crippen LogP contribution in [-0.2, 0) is 6.42 Å². The predicted molar refractivity (Wildman–Crippen MR) is 87.4 cm³/mol. The lowest BCUT2D eigenvalue weighted by molar-refractivity contribution is 0.441. The van der Waals surface area contributed by atoms with Gasteiger partial charge in [-0.2, -0.15) is 0 Å². The second-order valence-electron chi connectivity index (χ2n) is 5.26. The fraction of sp³-hybridized carbons (Fsp3) is 0.333. The summed E-state index contributed by atoms with van der Waals surface area (Å²) in [5.74, 6) is 0.122. The highest BCUT2D eigenvalue weighted by Crippen LogP contribution is 2.26. The second-order valence-corrected chi connectivity index (χ2v) is 5.70. The Kier molecular flexibility index (Phi) is 5.77. The second kappa shape index (κ2) is 7.58. The van der Waals surface area contributed by atoms with Gasteiger partial charge in [0.15, 0.2) is 0 Å². The smallest absolute Gasteiger partial charge is 0.127 e. The molecule has 0 radical (unpaired) electrons. The van der Waals surface area contributed by atoms with Crippen LogP contribution in [0.1, 0.15) is 30.4 Å². The molecule has 0 fully saturated rings. The van der Waals surface area contributed by atoms with Crippen LogP contribution >= 0.6 is 11.6 Å². The van der Waals surface area contributed by atoms with E-state index in [0.29, 0.717) is 22.9 Å². The minimum absolute atomic E-state index is 0.188. The zero-order valence-electron chi connectivity index (χ0n) is 12.4. The molecule has 0 aliphatic heterocycles. The topological polar surface area (TPSA) is 12.0 Å². The van der Waals surface area contributed by atoms with Crippen molar-refractivity contribution in [3.8, 4) is 0 Å². The molecule has 112 valence electrons. The Hall–Kier alpha value is -1.38. The largest absolute Gasteiger partial charge is 0.316 e. The van der Waals surface area contributed by atoms with Gasteiger partial charge in [-0.3, -0.25) is 0 Å². The first-order valence-corrected chi connectivity index (χ1v) is 7.69. The third kappa shape index (κ3) is 4.05. The van der Waals surface area contributed by atoms with E-state index in [1.807, 2.05) is 25.2 Å². The fourth-order valence-electron chi connectivity index (χ4n) is 2.82. The first-order chi connectivity index (χ1) is 10.2. The molecule has 0 aliphatic carbocycles. The lowest BCUT2D eigenvalue weighted by Crippen LogP contribution is -2.34. The van der Waals surface area contributed by atoms with E-state index in [1.165, 1.54) is 11.6 Å². The molecule has 2 aromatic rings. The van der Waals surface area contributed by atoms with Gasteiger partial charge >= 0.3 is 0 Å². The Bertz CT molecular complexity index is 571. The quantitative estimate of drug-likeness (QED) is 0.808. The number of halogens is 2. The zero-order valence-corrected chi connectivity index (χ0v) is 13.2. The summed E-state index contributed by atoms with van der Waals surface area (Å²) >= 11 is 5.82. The van der Waals surface area contributed by atoms with Gasteiger partial charge in [0.25, 0.3) is 0 Å². The third-order valence-electron chi connectivity index (χ3n) is 3.98. The standard InChI is InChI=1S/C18H21ClFN/c1-3-16(13-7-5-4-6-8-13)18(21-2)11-14-9-10-15(19)12-17(14)20/h4-10,12,16,18,21H,3,11H2,1-2H3. The molecule has 2 unspecified atom stereocenters. The highest BCUT2D eigenvalue weighted by atomic mass is 35.5. The SMILES string of the molecule is CCC(c1ccccc1)C(Cc1ccc(Cl)cc1F)NC. The number of hydrogen-bond donors (Lipinski definition) is 1. The van der Waals surface area contributed by atoms with E-state index in [4.69, 9.17) is 11.6 Å². The van der Waals surface area contributed by atoms with Crippen molar-refractivity contribution in [1.82, 2.24) is 5.32 Å². The zero-order chi connectivity index (χ0) is 15.2. The van der Waals surface area contributed by atoms with Gasteiger partial charge in [0.2, 0.25) is 0 Å². The molecule has 0 aliphatic rings. The molecule has 2 rings (SSSR count). The summed E-state index contributed by atoms with van der Waals surface area (Å²) in [6, 6.07) is 15.5. The van der Waals surface area contributed by atoms with Crippen molar-refractivity contribution >= 4 is 11.6 Å². The molecule has 3 heteroatoms. The summed E-state index contributed by atoms with van der Waals surface area (Å²) in [6.07, 6.45) is 1.65. The normalized spacial score (nSPS) is 13.9. The summed E-state index contributed by atoms with van der Waals surface area (Å²) in [5.41, 5.74) is 1.99. The number of rotatable bonds is 6. The predicted octanol–water partition coefficient (Wildman–Crippen LogP) is 4.80. The number of benzene rings is 2. The Morgan fingerprint density at radius 3 is 2.43 bits per heavy atom. The molecule has 0 spiro atoms. The summed E-state index contributed by atoms with van der Waals surface area (Å²) in [6.45, 7) is 2.17. The van der Waals surface area contributed by atoms with Crippen LogP contribution in [0.25, 0.3) is 0 Å². The maximum absolute atomic E-state index is 14.0.